The Morgan fingerprint density at radius 1 is 1.47 bits per heavy atom. The van der Waals surface area contributed by atoms with E-state index in [1.54, 1.807) is 12.1 Å². The van der Waals surface area contributed by atoms with E-state index in [2.05, 4.69) is 10.6 Å². The van der Waals surface area contributed by atoms with Crippen LogP contribution in [0.3, 0.4) is 0 Å². The van der Waals surface area contributed by atoms with E-state index in [-0.39, 0.29) is 18.3 Å². The van der Waals surface area contributed by atoms with Crippen LogP contribution >= 0.6 is 0 Å². The van der Waals surface area contributed by atoms with E-state index in [1.165, 1.54) is 6.07 Å². The van der Waals surface area contributed by atoms with Gasteiger partial charge in [0.15, 0.2) is 0 Å². The third-order valence-electron chi connectivity index (χ3n) is 1.94. The van der Waals surface area contributed by atoms with Crippen LogP contribution in [0, 0.1) is 12.7 Å². The second-order valence-electron chi connectivity index (χ2n) is 3.29. The van der Waals surface area contributed by atoms with Gasteiger partial charge in [0, 0.05) is 6.54 Å². The molecule has 0 aliphatic rings. The summed E-state index contributed by atoms with van der Waals surface area (Å²) in [6.07, 6.45) is 0. The van der Waals surface area contributed by atoms with Crippen molar-refractivity contribution in [2.45, 2.75) is 13.8 Å². The van der Waals surface area contributed by atoms with Gasteiger partial charge < -0.3 is 10.6 Å². The van der Waals surface area contributed by atoms with E-state index < -0.39 is 0 Å². The molecule has 0 aliphatic heterocycles. The molecule has 1 amide bonds. The van der Waals surface area contributed by atoms with Crippen LogP contribution in [0.25, 0.3) is 0 Å². The predicted octanol–water partition coefficient (Wildman–Crippen LogP) is 1.68. The number of halogens is 1. The van der Waals surface area contributed by atoms with Crippen LogP contribution in [0.1, 0.15) is 12.5 Å². The number of anilines is 1. The number of hydrogen-bond donors (Lipinski definition) is 2. The van der Waals surface area contributed by atoms with Crippen LogP contribution in [0.2, 0.25) is 0 Å². The van der Waals surface area contributed by atoms with E-state index in [0.717, 1.165) is 5.56 Å². The molecule has 0 saturated carbocycles. The Morgan fingerprint density at radius 3 is 2.87 bits per heavy atom. The van der Waals surface area contributed by atoms with Crippen molar-refractivity contribution in [1.29, 1.82) is 0 Å². The molecule has 1 rings (SSSR count). The Balaban J connectivity index is 2.57. The summed E-state index contributed by atoms with van der Waals surface area (Å²) in [5.74, 6) is -0.483. The summed E-state index contributed by atoms with van der Waals surface area (Å²) >= 11 is 0. The number of rotatable bonds is 4. The summed E-state index contributed by atoms with van der Waals surface area (Å²) in [6, 6.07) is 4.75. The lowest BCUT2D eigenvalue weighted by Crippen LogP contribution is -2.29. The van der Waals surface area contributed by atoms with Gasteiger partial charge in [-0.3, -0.25) is 4.79 Å². The summed E-state index contributed by atoms with van der Waals surface area (Å²) < 4.78 is 13.2. The van der Waals surface area contributed by atoms with Crippen LogP contribution in [0.5, 0.6) is 0 Å². The van der Waals surface area contributed by atoms with Gasteiger partial charge in [-0.05, 0) is 31.5 Å². The quantitative estimate of drug-likeness (QED) is 0.794. The number of amides is 1. The lowest BCUT2D eigenvalue weighted by molar-refractivity contribution is -0.119. The summed E-state index contributed by atoms with van der Waals surface area (Å²) in [5.41, 5.74) is 1.32. The highest BCUT2D eigenvalue weighted by Crippen LogP contribution is 2.14. The Labute approximate surface area is 88.7 Å². The number of carbonyl (C=O) groups excluding carboxylic acids is 1. The van der Waals surface area contributed by atoms with E-state index in [4.69, 9.17) is 0 Å². The average Bonchev–Trinajstić information content (AvgIpc) is 2.20. The van der Waals surface area contributed by atoms with Crippen molar-refractivity contribution < 1.29 is 9.18 Å². The maximum Gasteiger partial charge on any atom is 0.239 e. The van der Waals surface area contributed by atoms with E-state index >= 15 is 0 Å². The Bertz CT molecular complexity index is 352. The first kappa shape index (κ1) is 11.5. The highest BCUT2D eigenvalue weighted by Gasteiger charge is 2.03. The van der Waals surface area contributed by atoms with E-state index in [1.807, 2.05) is 13.8 Å². The molecule has 0 unspecified atom stereocenters. The maximum absolute atomic E-state index is 13.2. The lowest BCUT2D eigenvalue weighted by atomic mass is 10.2. The molecule has 82 valence electrons. The van der Waals surface area contributed by atoms with Gasteiger partial charge in [0.1, 0.15) is 5.82 Å². The topological polar surface area (TPSA) is 41.1 Å². The fourth-order valence-corrected chi connectivity index (χ4v) is 1.21. The van der Waals surface area contributed by atoms with Gasteiger partial charge in [0.25, 0.3) is 0 Å². The van der Waals surface area contributed by atoms with E-state index in [0.29, 0.717) is 12.2 Å². The molecule has 0 aliphatic carbocycles. The van der Waals surface area contributed by atoms with Crippen LogP contribution in [0.15, 0.2) is 18.2 Å². The average molecular weight is 210 g/mol. The van der Waals surface area contributed by atoms with Gasteiger partial charge in [-0.25, -0.2) is 4.39 Å². The largest absolute Gasteiger partial charge is 0.374 e. The molecule has 0 atom stereocenters. The van der Waals surface area contributed by atoms with Crippen molar-refractivity contribution in [1.82, 2.24) is 5.32 Å². The van der Waals surface area contributed by atoms with Crippen molar-refractivity contribution in [3.8, 4) is 0 Å². The Morgan fingerprint density at radius 2 is 2.20 bits per heavy atom. The molecule has 0 saturated heterocycles. The van der Waals surface area contributed by atoms with Gasteiger partial charge in [-0.15, -0.1) is 0 Å². The monoisotopic (exact) mass is 210 g/mol. The minimum Gasteiger partial charge on any atom is -0.374 e. The second kappa shape index (κ2) is 5.34. The van der Waals surface area contributed by atoms with Gasteiger partial charge in [-0.1, -0.05) is 6.07 Å². The third kappa shape index (κ3) is 3.58. The zero-order valence-corrected chi connectivity index (χ0v) is 8.93. The van der Waals surface area contributed by atoms with Crippen molar-refractivity contribution in [2.75, 3.05) is 18.4 Å². The lowest BCUT2D eigenvalue weighted by Gasteiger charge is -2.08. The first-order valence-corrected chi connectivity index (χ1v) is 4.90. The summed E-state index contributed by atoms with van der Waals surface area (Å²) in [5, 5.41) is 5.38. The van der Waals surface area contributed by atoms with Crippen molar-refractivity contribution in [3.63, 3.8) is 0 Å². The third-order valence-corrected chi connectivity index (χ3v) is 1.94. The number of carbonyl (C=O) groups is 1. The van der Waals surface area contributed by atoms with Gasteiger partial charge in [-0.2, -0.15) is 0 Å². The fraction of sp³-hybridized carbons (Fsp3) is 0.364. The molecule has 0 radical (unpaired) electrons. The van der Waals surface area contributed by atoms with E-state index in [9.17, 15) is 9.18 Å². The molecule has 0 heterocycles. The molecule has 1 aromatic rings. The normalized spacial score (nSPS) is 9.80. The minimum absolute atomic E-state index is 0.0915. The number of nitrogens with one attached hydrogen (secondary N) is 2. The molecule has 2 N–H and O–H groups in total. The fourth-order valence-electron chi connectivity index (χ4n) is 1.21. The molecule has 1 aromatic carbocycles. The van der Waals surface area contributed by atoms with Crippen LogP contribution in [-0.2, 0) is 4.79 Å². The minimum atomic E-state index is -0.343. The first-order valence-electron chi connectivity index (χ1n) is 4.90. The van der Waals surface area contributed by atoms with Crippen LogP contribution < -0.4 is 10.6 Å². The number of aryl methyl sites for hydroxylation is 1. The Kier molecular flexibility index (Phi) is 4.09. The molecule has 0 spiro atoms. The van der Waals surface area contributed by atoms with Crippen molar-refractivity contribution >= 4 is 11.6 Å². The first-order chi connectivity index (χ1) is 7.13. The highest BCUT2D eigenvalue weighted by atomic mass is 19.1. The standard InChI is InChI=1S/C11H15FN2O/c1-3-13-11(15)7-14-10-6-8(2)4-5-9(10)12/h4-6,14H,3,7H2,1-2H3,(H,13,15). The summed E-state index contributed by atoms with van der Waals surface area (Å²) in [6.45, 7) is 4.38. The van der Waals surface area contributed by atoms with Gasteiger partial charge in [0.2, 0.25) is 5.91 Å². The zero-order valence-electron chi connectivity index (χ0n) is 8.93. The molecule has 15 heavy (non-hydrogen) atoms. The molecular weight excluding hydrogens is 195 g/mol. The number of likely N-dealkylation sites (N-methyl/N-ethyl adjacent to an activating group) is 1. The second-order valence-corrected chi connectivity index (χ2v) is 3.29. The number of benzene rings is 1. The maximum atomic E-state index is 13.2. The van der Waals surface area contributed by atoms with Gasteiger partial charge in [0.05, 0.1) is 12.2 Å². The predicted molar refractivity (Wildman–Crippen MR) is 58.3 cm³/mol. The molecule has 0 fully saturated rings. The highest BCUT2D eigenvalue weighted by molar-refractivity contribution is 5.80. The zero-order chi connectivity index (χ0) is 11.3. The smallest absolute Gasteiger partial charge is 0.239 e. The molecule has 3 nitrogen and oxygen atoms in total. The van der Waals surface area contributed by atoms with Crippen molar-refractivity contribution in [2.24, 2.45) is 0 Å². The van der Waals surface area contributed by atoms with Crippen LogP contribution in [-0.4, -0.2) is 19.0 Å². The van der Waals surface area contributed by atoms with Crippen LogP contribution in [0.4, 0.5) is 10.1 Å². The molecule has 0 aromatic heterocycles. The van der Waals surface area contributed by atoms with Gasteiger partial charge >= 0.3 is 0 Å². The SMILES string of the molecule is CCNC(=O)CNc1cc(C)ccc1F. The summed E-state index contributed by atoms with van der Waals surface area (Å²) in [7, 11) is 0. The molecular formula is C11H15FN2O. The number of hydrogen-bond acceptors (Lipinski definition) is 2. The molecule has 0 bridgehead atoms. The Hall–Kier alpha value is -1.58. The van der Waals surface area contributed by atoms with Crippen molar-refractivity contribution in [3.05, 3.63) is 29.6 Å². The summed E-state index contributed by atoms with van der Waals surface area (Å²) in [4.78, 5) is 11.1. The molecule has 4 heteroatoms.